The SMILES string of the molecule is CCOC(=O)C(C(=O)C(NC(=O)c1ccc(Cl)cc1)c1ccc(C)cc1)[P+](c1ccccc1)(c1ccccc1)c1ccccc1. The first-order valence-corrected chi connectivity index (χ1v) is 17.0. The summed E-state index contributed by atoms with van der Waals surface area (Å²) in [4.78, 5) is 43.4. The molecule has 45 heavy (non-hydrogen) atoms. The lowest BCUT2D eigenvalue weighted by Gasteiger charge is -2.34. The van der Waals surface area contributed by atoms with Crippen LogP contribution in [0.5, 0.6) is 0 Å². The van der Waals surface area contributed by atoms with E-state index in [0.29, 0.717) is 16.1 Å². The summed E-state index contributed by atoms with van der Waals surface area (Å²) >= 11 is 6.08. The normalized spacial score (nSPS) is 12.5. The van der Waals surface area contributed by atoms with Crippen molar-refractivity contribution in [3.63, 3.8) is 0 Å². The van der Waals surface area contributed by atoms with Gasteiger partial charge in [-0.2, -0.15) is 0 Å². The molecule has 0 radical (unpaired) electrons. The van der Waals surface area contributed by atoms with Crippen molar-refractivity contribution in [1.29, 1.82) is 0 Å². The Kier molecular flexibility index (Phi) is 10.2. The van der Waals surface area contributed by atoms with E-state index in [-0.39, 0.29) is 6.61 Å². The number of ketones is 1. The van der Waals surface area contributed by atoms with Crippen LogP contribution in [0.1, 0.15) is 34.5 Å². The largest absolute Gasteiger partial charge is 0.463 e. The molecule has 0 aliphatic carbocycles. The van der Waals surface area contributed by atoms with Gasteiger partial charge in [0, 0.05) is 10.6 Å². The second-order valence-electron chi connectivity index (χ2n) is 10.6. The highest BCUT2D eigenvalue weighted by molar-refractivity contribution is 7.97. The van der Waals surface area contributed by atoms with Gasteiger partial charge in [-0.05, 0) is 80.1 Å². The van der Waals surface area contributed by atoms with Crippen molar-refractivity contribution >= 4 is 52.4 Å². The van der Waals surface area contributed by atoms with E-state index >= 15 is 4.79 Å². The fourth-order valence-corrected chi connectivity index (χ4v) is 10.4. The summed E-state index contributed by atoms with van der Waals surface area (Å²) in [5, 5.41) is 6.00. The molecule has 7 heteroatoms. The summed E-state index contributed by atoms with van der Waals surface area (Å²) < 4.78 is 5.74. The van der Waals surface area contributed by atoms with E-state index in [9.17, 15) is 9.59 Å². The molecule has 0 saturated heterocycles. The Labute approximate surface area is 269 Å². The zero-order valence-electron chi connectivity index (χ0n) is 25.1. The minimum atomic E-state index is -3.10. The van der Waals surface area contributed by atoms with Crippen molar-refractivity contribution in [2.75, 3.05) is 6.61 Å². The van der Waals surface area contributed by atoms with Gasteiger partial charge in [0.25, 0.3) is 5.91 Å². The number of esters is 1. The number of hydrogen-bond acceptors (Lipinski definition) is 4. The number of amides is 1. The molecule has 0 aromatic heterocycles. The van der Waals surface area contributed by atoms with Crippen molar-refractivity contribution in [2.24, 2.45) is 0 Å². The Hall–Kier alpha value is -4.57. The van der Waals surface area contributed by atoms with Crippen LogP contribution in [0.4, 0.5) is 0 Å². The average molecular weight is 635 g/mol. The van der Waals surface area contributed by atoms with Gasteiger partial charge in [-0.25, -0.2) is 4.79 Å². The second-order valence-corrected chi connectivity index (χ2v) is 14.6. The monoisotopic (exact) mass is 634 g/mol. The summed E-state index contributed by atoms with van der Waals surface area (Å²) in [5.41, 5.74) is 0.624. The van der Waals surface area contributed by atoms with Gasteiger partial charge in [-0.3, -0.25) is 9.59 Å². The molecular formula is C38H34ClNO4P+. The van der Waals surface area contributed by atoms with Crippen LogP contribution in [0.25, 0.3) is 0 Å². The Bertz CT molecular complexity index is 1650. The maximum Gasteiger partial charge on any atom is 0.356 e. The lowest BCUT2D eigenvalue weighted by atomic mass is 9.98. The van der Waals surface area contributed by atoms with Crippen LogP contribution in [0.15, 0.2) is 140 Å². The summed E-state index contributed by atoms with van der Waals surface area (Å²) in [6.45, 7) is 3.77. The molecular weight excluding hydrogens is 601 g/mol. The average Bonchev–Trinajstić information content (AvgIpc) is 3.08. The number of carbonyl (C=O) groups is 3. The van der Waals surface area contributed by atoms with Gasteiger partial charge in [-0.1, -0.05) is 96.0 Å². The van der Waals surface area contributed by atoms with E-state index in [1.54, 1.807) is 31.2 Å². The van der Waals surface area contributed by atoms with Gasteiger partial charge < -0.3 is 10.1 Å². The number of aryl methyl sites for hydroxylation is 1. The van der Waals surface area contributed by atoms with Crippen molar-refractivity contribution in [1.82, 2.24) is 5.32 Å². The first-order valence-electron chi connectivity index (χ1n) is 14.7. The zero-order valence-corrected chi connectivity index (χ0v) is 26.7. The molecule has 0 saturated carbocycles. The highest BCUT2D eigenvalue weighted by Crippen LogP contribution is 2.61. The minimum Gasteiger partial charge on any atom is -0.463 e. The van der Waals surface area contributed by atoms with E-state index in [1.807, 2.05) is 122 Å². The molecule has 1 N–H and O–H groups in total. The first-order chi connectivity index (χ1) is 21.9. The fourth-order valence-electron chi connectivity index (χ4n) is 5.62. The van der Waals surface area contributed by atoms with Crippen LogP contribution < -0.4 is 21.2 Å². The van der Waals surface area contributed by atoms with E-state index in [2.05, 4.69) is 5.32 Å². The van der Waals surface area contributed by atoms with E-state index in [4.69, 9.17) is 16.3 Å². The number of hydrogen-bond donors (Lipinski definition) is 1. The Morgan fingerprint density at radius 2 is 1.16 bits per heavy atom. The number of Topliss-reactive ketones (excluding diaryl/α,β-unsaturated/α-hetero) is 1. The maximum absolute atomic E-state index is 15.3. The predicted octanol–water partition coefficient (Wildman–Crippen LogP) is 6.61. The van der Waals surface area contributed by atoms with Gasteiger partial charge in [0.05, 0.1) is 6.61 Å². The van der Waals surface area contributed by atoms with Crippen LogP contribution in [-0.2, 0) is 14.3 Å². The molecule has 1 amide bonds. The first kappa shape index (κ1) is 31.8. The highest BCUT2D eigenvalue weighted by atomic mass is 35.5. The third-order valence-corrected chi connectivity index (χ3v) is 12.6. The van der Waals surface area contributed by atoms with E-state index in [1.165, 1.54) is 0 Å². The van der Waals surface area contributed by atoms with Crippen molar-refractivity contribution < 1.29 is 19.1 Å². The molecule has 0 aliphatic rings. The topological polar surface area (TPSA) is 72.5 Å². The number of nitrogens with one attached hydrogen (secondary N) is 1. The maximum atomic E-state index is 15.3. The summed E-state index contributed by atoms with van der Waals surface area (Å²) in [6.07, 6.45) is 0. The molecule has 226 valence electrons. The fraction of sp³-hybridized carbons (Fsp3) is 0.132. The number of benzene rings is 5. The molecule has 5 aromatic rings. The number of halogens is 1. The van der Waals surface area contributed by atoms with Crippen LogP contribution in [0.3, 0.4) is 0 Å². The summed E-state index contributed by atoms with van der Waals surface area (Å²) in [5.74, 6) is -1.55. The molecule has 5 aromatic carbocycles. The zero-order chi connectivity index (χ0) is 31.8. The van der Waals surface area contributed by atoms with Crippen LogP contribution in [0.2, 0.25) is 5.02 Å². The molecule has 0 fully saturated rings. The van der Waals surface area contributed by atoms with Crippen LogP contribution in [0, 0.1) is 6.92 Å². The highest BCUT2D eigenvalue weighted by Gasteiger charge is 2.61. The van der Waals surface area contributed by atoms with Crippen molar-refractivity contribution in [3.8, 4) is 0 Å². The van der Waals surface area contributed by atoms with Gasteiger partial charge >= 0.3 is 5.97 Å². The van der Waals surface area contributed by atoms with E-state index in [0.717, 1.165) is 21.5 Å². The molecule has 0 spiro atoms. The lowest BCUT2D eigenvalue weighted by Crippen LogP contribution is -2.50. The number of ether oxygens (including phenoxy) is 1. The second kappa shape index (κ2) is 14.5. The number of rotatable bonds is 11. The summed E-state index contributed by atoms with van der Waals surface area (Å²) in [7, 11) is -3.10. The third kappa shape index (κ3) is 6.76. The smallest absolute Gasteiger partial charge is 0.356 e. The summed E-state index contributed by atoms with van der Waals surface area (Å²) in [6, 6.07) is 41.8. The Morgan fingerprint density at radius 1 is 0.689 bits per heavy atom. The Balaban J connectivity index is 1.78. The third-order valence-electron chi connectivity index (χ3n) is 7.73. The lowest BCUT2D eigenvalue weighted by molar-refractivity contribution is -0.145. The molecule has 0 heterocycles. The standard InChI is InChI=1S/C38H33ClNO4P/c1-3-44-38(43)36(35(41)34(28-21-19-27(2)20-22-28)40-37(42)29-23-25-30(39)26-24-29)45(31-13-7-4-8-14-31,32-15-9-5-10-16-32)33-17-11-6-12-18-33/h4-26,34,36H,3H2,1-2H3/p+1. The van der Waals surface area contributed by atoms with Crippen LogP contribution >= 0.6 is 18.9 Å². The molecule has 5 nitrogen and oxygen atoms in total. The van der Waals surface area contributed by atoms with Gasteiger partial charge in [-0.15, -0.1) is 0 Å². The molecule has 5 rings (SSSR count). The molecule has 2 unspecified atom stereocenters. The minimum absolute atomic E-state index is 0.0906. The van der Waals surface area contributed by atoms with Crippen molar-refractivity contribution in [3.05, 3.63) is 161 Å². The molecule has 2 atom stereocenters. The number of carbonyl (C=O) groups excluding carboxylic acids is 3. The Morgan fingerprint density at radius 3 is 1.60 bits per heavy atom. The van der Waals surface area contributed by atoms with E-state index < -0.39 is 36.6 Å². The van der Waals surface area contributed by atoms with Gasteiger partial charge in [0.2, 0.25) is 11.4 Å². The quantitative estimate of drug-likeness (QED) is 0.101. The molecule has 0 aliphatic heterocycles. The van der Waals surface area contributed by atoms with Gasteiger partial charge in [0.1, 0.15) is 29.2 Å². The van der Waals surface area contributed by atoms with Gasteiger partial charge in [0.15, 0.2) is 0 Å². The molecule has 0 bridgehead atoms. The predicted molar refractivity (Wildman–Crippen MR) is 183 cm³/mol. The van der Waals surface area contributed by atoms with Crippen LogP contribution in [-0.4, -0.2) is 29.9 Å². The van der Waals surface area contributed by atoms with Crippen molar-refractivity contribution in [2.45, 2.75) is 25.5 Å².